The molecule has 0 N–H and O–H groups in total. The summed E-state index contributed by atoms with van der Waals surface area (Å²) in [7, 11) is 4.80. The van der Waals surface area contributed by atoms with Crippen LogP contribution in [0.5, 0.6) is 17.2 Å². The van der Waals surface area contributed by atoms with Gasteiger partial charge >= 0.3 is 0 Å². The van der Waals surface area contributed by atoms with Crippen molar-refractivity contribution >= 4 is 17.0 Å². The fraction of sp³-hybridized carbons (Fsp3) is 0.231. The first kappa shape index (κ1) is 23.4. The zero-order chi connectivity index (χ0) is 23.9. The minimum Gasteiger partial charge on any atom is -0.493 e. The standard InChI is InChI=1S/C26H27N3O4S/c1-18(22-11-8-14-33-22)28-29-21(20-15-23(30-2)25(32-4)24(16-20)31-3)17-34-26(29)27-13-12-19-9-6-5-7-10-19/h5-11,14-17H,12-13H2,1-4H3. The number of nitrogens with zero attached hydrogens (tertiary/aromatic N) is 3. The van der Waals surface area contributed by atoms with Crippen LogP contribution < -0.4 is 19.0 Å². The van der Waals surface area contributed by atoms with Gasteiger partial charge in [0.15, 0.2) is 11.5 Å². The topological polar surface area (TPSA) is 70.5 Å². The Labute approximate surface area is 202 Å². The van der Waals surface area contributed by atoms with Gasteiger partial charge in [-0.25, -0.2) is 4.68 Å². The predicted molar refractivity (Wildman–Crippen MR) is 134 cm³/mol. The third-order valence-corrected chi connectivity index (χ3v) is 6.12. The van der Waals surface area contributed by atoms with Gasteiger partial charge in [0.25, 0.3) is 0 Å². The second-order valence-corrected chi connectivity index (χ2v) is 8.25. The average molecular weight is 478 g/mol. The van der Waals surface area contributed by atoms with E-state index in [2.05, 4.69) is 12.1 Å². The highest BCUT2D eigenvalue weighted by molar-refractivity contribution is 7.07. The summed E-state index contributed by atoms with van der Waals surface area (Å²) in [4.78, 5) is 5.64. The zero-order valence-corrected chi connectivity index (χ0v) is 20.5. The molecule has 2 aromatic carbocycles. The molecule has 0 bridgehead atoms. The van der Waals surface area contributed by atoms with Crippen molar-refractivity contribution < 1.29 is 18.6 Å². The number of furan rings is 1. The smallest absolute Gasteiger partial charge is 0.206 e. The zero-order valence-electron chi connectivity index (χ0n) is 19.6. The molecule has 7 nitrogen and oxygen atoms in total. The maximum absolute atomic E-state index is 5.56. The van der Waals surface area contributed by atoms with Crippen LogP contribution in [0, 0.1) is 0 Å². The van der Waals surface area contributed by atoms with Gasteiger partial charge in [-0.3, -0.25) is 4.99 Å². The van der Waals surface area contributed by atoms with Crippen LogP contribution in [0.1, 0.15) is 18.2 Å². The lowest BCUT2D eigenvalue weighted by Crippen LogP contribution is -2.15. The van der Waals surface area contributed by atoms with Crippen molar-refractivity contribution in [2.24, 2.45) is 10.1 Å². The van der Waals surface area contributed by atoms with Crippen molar-refractivity contribution in [1.29, 1.82) is 0 Å². The summed E-state index contributed by atoms with van der Waals surface area (Å²) in [6.07, 6.45) is 2.48. The summed E-state index contributed by atoms with van der Waals surface area (Å²) in [6.45, 7) is 2.56. The van der Waals surface area contributed by atoms with E-state index in [0.717, 1.165) is 28.2 Å². The lowest BCUT2D eigenvalue weighted by Gasteiger charge is -2.14. The van der Waals surface area contributed by atoms with Gasteiger partial charge in [-0.05, 0) is 43.2 Å². The van der Waals surface area contributed by atoms with Gasteiger partial charge in [-0.15, -0.1) is 11.3 Å². The average Bonchev–Trinajstić information content (AvgIpc) is 3.55. The molecule has 4 aromatic rings. The molecule has 0 spiro atoms. The van der Waals surface area contributed by atoms with Gasteiger partial charge in [-0.2, -0.15) is 5.10 Å². The van der Waals surface area contributed by atoms with E-state index in [-0.39, 0.29) is 0 Å². The summed E-state index contributed by atoms with van der Waals surface area (Å²) in [6, 6.07) is 17.9. The van der Waals surface area contributed by atoms with Crippen LogP contribution in [-0.4, -0.2) is 38.3 Å². The van der Waals surface area contributed by atoms with E-state index >= 15 is 0 Å². The molecule has 176 valence electrons. The minimum absolute atomic E-state index is 0.540. The molecule has 0 aliphatic carbocycles. The third kappa shape index (κ3) is 5.07. The molecule has 2 aromatic heterocycles. The molecule has 0 aliphatic rings. The summed E-state index contributed by atoms with van der Waals surface area (Å²) in [5, 5.41) is 6.89. The number of benzene rings is 2. The molecule has 0 saturated carbocycles. The lowest BCUT2D eigenvalue weighted by molar-refractivity contribution is 0.324. The van der Waals surface area contributed by atoms with Crippen LogP contribution in [-0.2, 0) is 6.42 Å². The Hall–Kier alpha value is -3.78. The van der Waals surface area contributed by atoms with Crippen LogP contribution in [0.3, 0.4) is 0 Å². The van der Waals surface area contributed by atoms with Crippen molar-refractivity contribution in [2.45, 2.75) is 13.3 Å². The van der Waals surface area contributed by atoms with Crippen LogP contribution in [0.2, 0.25) is 0 Å². The van der Waals surface area contributed by atoms with Crippen LogP contribution in [0.25, 0.3) is 11.3 Å². The van der Waals surface area contributed by atoms with Crippen molar-refractivity contribution in [1.82, 2.24) is 4.68 Å². The number of hydrogen-bond acceptors (Lipinski definition) is 7. The van der Waals surface area contributed by atoms with Gasteiger partial charge in [0.2, 0.25) is 10.6 Å². The Morgan fingerprint density at radius 2 is 1.71 bits per heavy atom. The van der Waals surface area contributed by atoms with Crippen LogP contribution in [0.15, 0.2) is 80.8 Å². The highest BCUT2D eigenvalue weighted by atomic mass is 32.1. The minimum atomic E-state index is 0.540. The van der Waals surface area contributed by atoms with Gasteiger partial charge in [0.05, 0.1) is 33.3 Å². The van der Waals surface area contributed by atoms with Gasteiger partial charge in [0, 0.05) is 17.5 Å². The molecule has 0 radical (unpaired) electrons. The predicted octanol–water partition coefficient (Wildman–Crippen LogP) is 5.25. The Kier molecular flexibility index (Phi) is 7.49. The molecule has 34 heavy (non-hydrogen) atoms. The number of hydrogen-bond donors (Lipinski definition) is 0. The summed E-state index contributed by atoms with van der Waals surface area (Å²) >= 11 is 1.53. The molecule has 0 fully saturated rings. The molecule has 0 aliphatic heterocycles. The molecule has 8 heteroatoms. The fourth-order valence-electron chi connectivity index (χ4n) is 3.54. The first-order chi connectivity index (χ1) is 16.6. The van der Waals surface area contributed by atoms with Crippen molar-refractivity contribution in [3.05, 3.63) is 82.4 Å². The Morgan fingerprint density at radius 3 is 2.32 bits per heavy atom. The van der Waals surface area contributed by atoms with E-state index in [1.165, 1.54) is 16.9 Å². The Balaban J connectivity index is 1.80. The van der Waals surface area contributed by atoms with Crippen LogP contribution >= 0.6 is 11.3 Å². The fourth-order valence-corrected chi connectivity index (χ4v) is 4.40. The Bertz CT molecular complexity index is 1300. The number of ether oxygens (including phenoxy) is 3. The summed E-state index contributed by atoms with van der Waals surface area (Å²) < 4.78 is 24.0. The summed E-state index contributed by atoms with van der Waals surface area (Å²) in [5.74, 6) is 2.39. The molecule has 0 atom stereocenters. The maximum atomic E-state index is 5.56. The SMILES string of the molecule is COc1cc(-c2csc(=NCCc3ccccc3)n2N=C(C)c2ccco2)cc(OC)c1OC. The molecular formula is C26H27N3O4S. The lowest BCUT2D eigenvalue weighted by atomic mass is 10.1. The number of methoxy groups -OCH3 is 3. The van der Waals surface area contributed by atoms with E-state index in [4.69, 9.17) is 28.7 Å². The normalized spacial score (nSPS) is 12.1. The van der Waals surface area contributed by atoms with E-state index < -0.39 is 0 Å². The van der Waals surface area contributed by atoms with Crippen molar-refractivity contribution in [3.8, 4) is 28.5 Å². The first-order valence-electron chi connectivity index (χ1n) is 10.8. The highest BCUT2D eigenvalue weighted by Gasteiger charge is 2.17. The highest BCUT2D eigenvalue weighted by Crippen LogP contribution is 2.41. The molecular weight excluding hydrogens is 450 g/mol. The quantitative estimate of drug-likeness (QED) is 0.309. The van der Waals surface area contributed by atoms with Crippen LogP contribution in [0.4, 0.5) is 0 Å². The molecule has 0 amide bonds. The molecule has 4 rings (SSSR count). The number of rotatable bonds is 9. The Morgan fingerprint density at radius 1 is 0.971 bits per heavy atom. The van der Waals surface area contributed by atoms with E-state index in [1.807, 2.05) is 59.4 Å². The number of aromatic nitrogens is 1. The van der Waals surface area contributed by atoms with E-state index in [1.54, 1.807) is 27.6 Å². The van der Waals surface area contributed by atoms with E-state index in [9.17, 15) is 0 Å². The summed E-state index contributed by atoms with van der Waals surface area (Å²) in [5.41, 5.74) is 3.70. The number of thiazole rings is 1. The second-order valence-electron chi connectivity index (χ2n) is 7.41. The monoisotopic (exact) mass is 477 g/mol. The van der Waals surface area contributed by atoms with Gasteiger partial charge < -0.3 is 18.6 Å². The second kappa shape index (κ2) is 10.9. The molecule has 0 saturated heterocycles. The molecule has 2 heterocycles. The molecule has 0 unspecified atom stereocenters. The van der Waals surface area contributed by atoms with E-state index in [0.29, 0.717) is 29.6 Å². The van der Waals surface area contributed by atoms with Crippen molar-refractivity contribution in [3.63, 3.8) is 0 Å². The largest absolute Gasteiger partial charge is 0.493 e. The van der Waals surface area contributed by atoms with Crippen molar-refractivity contribution in [2.75, 3.05) is 27.9 Å². The maximum Gasteiger partial charge on any atom is 0.206 e. The van der Waals surface area contributed by atoms with Gasteiger partial charge in [-0.1, -0.05) is 30.3 Å². The third-order valence-electron chi connectivity index (χ3n) is 5.26. The first-order valence-corrected chi connectivity index (χ1v) is 11.7. The van der Waals surface area contributed by atoms with Gasteiger partial charge in [0.1, 0.15) is 11.5 Å².